The van der Waals surface area contributed by atoms with E-state index in [2.05, 4.69) is 4.98 Å². The van der Waals surface area contributed by atoms with Gasteiger partial charge < -0.3 is 12.9 Å². The largest absolute Gasteiger partial charge is 1.00 e. The van der Waals surface area contributed by atoms with E-state index in [4.69, 9.17) is 5.26 Å². The molecule has 15 heavy (non-hydrogen) atoms. The van der Waals surface area contributed by atoms with Crippen LogP contribution in [0, 0.1) is 11.3 Å². The van der Waals surface area contributed by atoms with E-state index in [0.29, 0.717) is 5.56 Å². The van der Waals surface area contributed by atoms with Gasteiger partial charge in [-0.3, -0.25) is 4.98 Å². The van der Waals surface area contributed by atoms with Gasteiger partial charge in [0.05, 0.1) is 12.5 Å². The average molecular weight is 238 g/mol. The molecule has 0 N–H and O–H groups in total. The number of aromatic nitrogens is 1. The van der Waals surface area contributed by atoms with E-state index in [-0.39, 0.29) is 63.4 Å². The maximum atomic E-state index is 12.0. The standard InChI is InChI=1S/C8H7BF3N2.K/c10-9(11,12)4-8-3-7(1-2-13)5-14-6-8;/h3,5-6H,1,4H2;/q-1;+1. The van der Waals surface area contributed by atoms with Crippen molar-refractivity contribution in [2.24, 2.45) is 0 Å². The van der Waals surface area contributed by atoms with Crippen LogP contribution in [-0.4, -0.2) is 12.0 Å². The van der Waals surface area contributed by atoms with Crippen molar-refractivity contribution in [3.8, 4) is 6.07 Å². The fourth-order valence-corrected chi connectivity index (χ4v) is 1.11. The first-order valence-electron chi connectivity index (χ1n) is 4.02. The van der Waals surface area contributed by atoms with Gasteiger partial charge in [-0.05, 0) is 5.56 Å². The molecule has 0 saturated carbocycles. The van der Waals surface area contributed by atoms with E-state index in [0.717, 1.165) is 0 Å². The van der Waals surface area contributed by atoms with Crippen LogP contribution in [0.2, 0.25) is 0 Å². The van der Waals surface area contributed by atoms with Gasteiger partial charge in [0.1, 0.15) is 0 Å². The third-order valence-electron chi connectivity index (χ3n) is 1.60. The quantitative estimate of drug-likeness (QED) is 0.638. The van der Waals surface area contributed by atoms with Gasteiger partial charge in [0, 0.05) is 12.4 Å². The molecule has 0 atom stereocenters. The number of hydrogen-bond acceptors (Lipinski definition) is 2. The summed E-state index contributed by atoms with van der Waals surface area (Å²) in [5, 5.41) is 8.35. The molecule has 0 aromatic carbocycles. The normalized spacial score (nSPS) is 10.3. The molecule has 7 heteroatoms. The van der Waals surface area contributed by atoms with Crippen LogP contribution in [0.5, 0.6) is 0 Å². The topological polar surface area (TPSA) is 36.7 Å². The van der Waals surface area contributed by atoms with Crippen LogP contribution < -0.4 is 51.4 Å². The van der Waals surface area contributed by atoms with Crippen LogP contribution in [0.15, 0.2) is 18.5 Å². The molecule has 0 aliphatic rings. The molecule has 0 bridgehead atoms. The Hall–Kier alpha value is 0.131. The number of rotatable bonds is 3. The van der Waals surface area contributed by atoms with Gasteiger partial charge >= 0.3 is 58.4 Å². The Balaban J connectivity index is 0.00000196. The van der Waals surface area contributed by atoms with Crippen molar-refractivity contribution in [3.63, 3.8) is 0 Å². The summed E-state index contributed by atoms with van der Waals surface area (Å²) in [4.78, 5) is 3.65. The molecule has 0 saturated heterocycles. The molecule has 0 aliphatic carbocycles. The van der Waals surface area contributed by atoms with Crippen LogP contribution in [0.3, 0.4) is 0 Å². The van der Waals surface area contributed by atoms with Crippen molar-refractivity contribution < 1.29 is 64.3 Å². The Morgan fingerprint density at radius 1 is 1.27 bits per heavy atom. The summed E-state index contributed by atoms with van der Waals surface area (Å²) in [6.07, 6.45) is 1.73. The van der Waals surface area contributed by atoms with Gasteiger partial charge in [0.2, 0.25) is 0 Å². The first kappa shape index (κ1) is 15.1. The number of pyridine rings is 1. The predicted octanol–water partition coefficient (Wildman–Crippen LogP) is -0.919. The molecule has 0 radical (unpaired) electrons. The zero-order chi connectivity index (χ0) is 10.6. The minimum atomic E-state index is -4.83. The number of hydrogen-bond donors (Lipinski definition) is 0. The Bertz CT molecular complexity index is 362. The van der Waals surface area contributed by atoms with Crippen molar-refractivity contribution in [3.05, 3.63) is 29.6 Å². The van der Waals surface area contributed by atoms with E-state index in [1.54, 1.807) is 0 Å². The minimum absolute atomic E-state index is 0. The molecule has 1 aromatic heterocycles. The summed E-state index contributed by atoms with van der Waals surface area (Å²) in [5.41, 5.74) is 0.635. The van der Waals surface area contributed by atoms with Gasteiger partial charge in [-0.25, -0.2) is 0 Å². The number of nitrogens with zero attached hydrogens (tertiary/aromatic N) is 2. The van der Waals surface area contributed by atoms with E-state index in [9.17, 15) is 12.9 Å². The molecule has 74 valence electrons. The second-order valence-electron chi connectivity index (χ2n) is 2.95. The second kappa shape index (κ2) is 6.66. The fraction of sp³-hybridized carbons (Fsp3) is 0.250. The van der Waals surface area contributed by atoms with Gasteiger partial charge in [0.25, 0.3) is 0 Å². The molecule has 0 aliphatic heterocycles. The molecule has 0 amide bonds. The monoisotopic (exact) mass is 238 g/mol. The summed E-state index contributed by atoms with van der Waals surface area (Å²) >= 11 is 0. The van der Waals surface area contributed by atoms with Gasteiger partial charge in [0.15, 0.2) is 0 Å². The van der Waals surface area contributed by atoms with E-state index >= 15 is 0 Å². The molecular formula is C8H7BF3KN2. The number of halogens is 3. The fourth-order valence-electron chi connectivity index (χ4n) is 1.11. The average Bonchev–Trinajstić information content (AvgIpc) is 2.02. The van der Waals surface area contributed by atoms with Crippen LogP contribution in [0.4, 0.5) is 12.9 Å². The Morgan fingerprint density at radius 2 is 1.87 bits per heavy atom. The van der Waals surface area contributed by atoms with E-state index < -0.39 is 13.3 Å². The smallest absolute Gasteiger partial charge is 0.449 e. The molecule has 0 fully saturated rings. The van der Waals surface area contributed by atoms with Crippen molar-refractivity contribution in [2.75, 3.05) is 0 Å². The molecule has 2 nitrogen and oxygen atoms in total. The molecule has 0 spiro atoms. The first-order chi connectivity index (χ1) is 6.51. The third kappa shape index (κ3) is 6.33. The zero-order valence-corrected chi connectivity index (χ0v) is 11.4. The van der Waals surface area contributed by atoms with Crippen molar-refractivity contribution in [1.82, 2.24) is 4.98 Å². The van der Waals surface area contributed by atoms with E-state index in [1.165, 1.54) is 18.5 Å². The summed E-state index contributed by atoms with van der Waals surface area (Å²) in [7, 11) is 0. The van der Waals surface area contributed by atoms with Gasteiger partial charge in [-0.15, -0.1) is 0 Å². The van der Waals surface area contributed by atoms with Crippen molar-refractivity contribution in [2.45, 2.75) is 12.7 Å². The summed E-state index contributed by atoms with van der Waals surface area (Å²) in [6.45, 7) is -4.83. The zero-order valence-electron chi connectivity index (χ0n) is 8.25. The summed E-state index contributed by atoms with van der Waals surface area (Å²) < 4.78 is 36.1. The van der Waals surface area contributed by atoms with Crippen molar-refractivity contribution >= 4 is 6.98 Å². The molecule has 0 unspecified atom stereocenters. The maximum absolute atomic E-state index is 12.0. The second-order valence-corrected chi connectivity index (χ2v) is 2.95. The minimum Gasteiger partial charge on any atom is -0.449 e. The Morgan fingerprint density at radius 3 is 2.40 bits per heavy atom. The van der Waals surface area contributed by atoms with Crippen LogP contribution >= 0.6 is 0 Å². The Labute approximate surface area is 128 Å². The molecule has 1 heterocycles. The van der Waals surface area contributed by atoms with Crippen molar-refractivity contribution in [1.29, 1.82) is 5.26 Å². The summed E-state index contributed by atoms with van der Waals surface area (Å²) in [5.74, 6) is 0. The molecular weight excluding hydrogens is 231 g/mol. The third-order valence-corrected chi connectivity index (χ3v) is 1.60. The summed E-state index contributed by atoms with van der Waals surface area (Å²) in [6, 6.07) is 3.22. The van der Waals surface area contributed by atoms with Gasteiger partial charge in [-0.1, -0.05) is 17.9 Å². The number of nitriles is 1. The van der Waals surface area contributed by atoms with E-state index in [1.807, 2.05) is 6.07 Å². The maximum Gasteiger partial charge on any atom is 1.00 e. The predicted molar refractivity (Wildman–Crippen MR) is 46.3 cm³/mol. The van der Waals surface area contributed by atoms with Crippen LogP contribution in [0.25, 0.3) is 0 Å². The van der Waals surface area contributed by atoms with Crippen LogP contribution in [-0.2, 0) is 12.7 Å². The molecule has 1 rings (SSSR count). The molecule has 1 aromatic rings. The van der Waals surface area contributed by atoms with Crippen LogP contribution in [0.1, 0.15) is 11.1 Å². The SMILES string of the molecule is N#CCc1cncc(C[B-](F)(F)F)c1.[K+]. The Kier molecular flexibility index (Phi) is 6.72. The first-order valence-corrected chi connectivity index (χ1v) is 4.02. The van der Waals surface area contributed by atoms with Gasteiger partial charge in [-0.2, -0.15) is 5.26 Å².